The number of nitrogens with zero attached hydrogens (tertiary/aromatic N) is 3. The van der Waals surface area contributed by atoms with E-state index in [0.717, 1.165) is 5.69 Å². The van der Waals surface area contributed by atoms with Gasteiger partial charge < -0.3 is 0 Å². The van der Waals surface area contributed by atoms with Gasteiger partial charge in [-0.15, -0.1) is 0 Å². The van der Waals surface area contributed by atoms with E-state index < -0.39 is 0 Å². The molecular formula is C6H5BrN4O. The van der Waals surface area contributed by atoms with Gasteiger partial charge in [0.1, 0.15) is 10.8 Å². The summed E-state index contributed by atoms with van der Waals surface area (Å²) in [6.45, 7) is 1.79. The standard InChI is InChI=1S/C6H5BrN4O/c1-3-4(7)5(12)10-6-8-2-9-11(3)6/h2H,1H3,(H,8,9,10,12). The molecule has 0 unspecified atom stereocenters. The Hall–Kier alpha value is -1.17. The Balaban J connectivity index is 3.04. The third-order valence-corrected chi connectivity index (χ3v) is 2.54. The van der Waals surface area contributed by atoms with Crippen molar-refractivity contribution in [2.24, 2.45) is 0 Å². The summed E-state index contributed by atoms with van der Waals surface area (Å²) < 4.78 is 2.05. The van der Waals surface area contributed by atoms with Gasteiger partial charge in [-0.1, -0.05) is 0 Å². The molecule has 0 atom stereocenters. The first kappa shape index (κ1) is 7.48. The third-order valence-electron chi connectivity index (χ3n) is 1.61. The fourth-order valence-corrected chi connectivity index (χ4v) is 1.25. The van der Waals surface area contributed by atoms with E-state index in [4.69, 9.17) is 0 Å². The van der Waals surface area contributed by atoms with Crippen LogP contribution < -0.4 is 5.56 Å². The maximum absolute atomic E-state index is 11.2. The Morgan fingerprint density at radius 3 is 3.17 bits per heavy atom. The Morgan fingerprint density at radius 1 is 1.67 bits per heavy atom. The van der Waals surface area contributed by atoms with Gasteiger partial charge in [0.15, 0.2) is 0 Å². The smallest absolute Gasteiger partial charge is 0.266 e. The molecule has 2 rings (SSSR count). The van der Waals surface area contributed by atoms with Crippen LogP contribution >= 0.6 is 15.9 Å². The predicted octanol–water partition coefficient (Wildman–Crippen LogP) is 0.489. The summed E-state index contributed by atoms with van der Waals surface area (Å²) in [5.41, 5.74) is 0.555. The summed E-state index contributed by atoms with van der Waals surface area (Å²) in [5.74, 6) is 0.459. The highest BCUT2D eigenvalue weighted by molar-refractivity contribution is 9.10. The molecule has 2 aromatic rings. The van der Waals surface area contributed by atoms with Crippen LogP contribution in [-0.4, -0.2) is 19.6 Å². The quantitative estimate of drug-likeness (QED) is 0.714. The third kappa shape index (κ3) is 0.878. The zero-order chi connectivity index (χ0) is 8.72. The topological polar surface area (TPSA) is 63.0 Å². The highest BCUT2D eigenvalue weighted by Gasteiger charge is 2.06. The van der Waals surface area contributed by atoms with Crippen LogP contribution in [0.3, 0.4) is 0 Å². The van der Waals surface area contributed by atoms with Gasteiger partial charge in [-0.2, -0.15) is 10.1 Å². The SMILES string of the molecule is Cc1c(Br)c(=O)[nH]c2ncnn12. The minimum absolute atomic E-state index is 0.187. The highest BCUT2D eigenvalue weighted by Crippen LogP contribution is 2.08. The van der Waals surface area contributed by atoms with E-state index in [9.17, 15) is 4.79 Å². The van der Waals surface area contributed by atoms with Crippen LogP contribution in [0.25, 0.3) is 5.78 Å². The molecule has 2 aromatic heterocycles. The monoisotopic (exact) mass is 228 g/mol. The van der Waals surface area contributed by atoms with Gasteiger partial charge >= 0.3 is 0 Å². The lowest BCUT2D eigenvalue weighted by molar-refractivity contribution is 0.877. The fraction of sp³-hybridized carbons (Fsp3) is 0.167. The summed E-state index contributed by atoms with van der Waals surface area (Å²) >= 11 is 3.15. The first-order valence-corrected chi connectivity index (χ1v) is 4.07. The van der Waals surface area contributed by atoms with Crippen molar-refractivity contribution in [2.45, 2.75) is 6.92 Å². The molecule has 0 radical (unpaired) electrons. The number of aryl methyl sites for hydroxylation is 1. The van der Waals surface area contributed by atoms with E-state index in [0.29, 0.717) is 10.3 Å². The second-order valence-electron chi connectivity index (χ2n) is 2.35. The second kappa shape index (κ2) is 2.41. The average Bonchev–Trinajstić information content (AvgIpc) is 2.48. The lowest BCUT2D eigenvalue weighted by Gasteiger charge is -1.98. The summed E-state index contributed by atoms with van der Waals surface area (Å²) in [5, 5.41) is 3.93. The van der Waals surface area contributed by atoms with Crippen LogP contribution in [0.4, 0.5) is 0 Å². The predicted molar refractivity (Wildman–Crippen MR) is 46.0 cm³/mol. The first-order chi connectivity index (χ1) is 5.70. The molecule has 0 fully saturated rings. The Labute approximate surface area is 75.6 Å². The molecule has 1 N–H and O–H groups in total. The Kier molecular flexibility index (Phi) is 1.50. The average molecular weight is 229 g/mol. The normalized spacial score (nSPS) is 10.8. The minimum Gasteiger partial charge on any atom is -0.290 e. The summed E-state index contributed by atoms with van der Waals surface area (Å²) in [7, 11) is 0. The molecule has 62 valence electrons. The van der Waals surface area contributed by atoms with Crippen LogP contribution in [0.1, 0.15) is 5.69 Å². The number of hydrogen-bond donors (Lipinski definition) is 1. The first-order valence-electron chi connectivity index (χ1n) is 3.28. The van der Waals surface area contributed by atoms with Crippen molar-refractivity contribution in [3.05, 3.63) is 26.8 Å². The van der Waals surface area contributed by atoms with Gasteiger partial charge in [0.2, 0.25) is 5.78 Å². The van der Waals surface area contributed by atoms with Gasteiger partial charge in [-0.3, -0.25) is 9.78 Å². The summed E-state index contributed by atoms with van der Waals surface area (Å²) in [4.78, 5) is 17.6. The zero-order valence-electron chi connectivity index (χ0n) is 6.21. The van der Waals surface area contributed by atoms with E-state index in [1.165, 1.54) is 6.33 Å². The molecule has 2 heterocycles. The number of H-pyrrole nitrogens is 1. The van der Waals surface area contributed by atoms with Crippen LogP contribution in [0.5, 0.6) is 0 Å². The maximum Gasteiger partial charge on any atom is 0.266 e. The van der Waals surface area contributed by atoms with Crippen molar-refractivity contribution < 1.29 is 0 Å². The van der Waals surface area contributed by atoms with Gasteiger partial charge in [0.05, 0.1) is 5.69 Å². The summed E-state index contributed by atoms with van der Waals surface area (Å²) in [6, 6.07) is 0. The molecule has 0 aliphatic carbocycles. The molecule has 0 spiro atoms. The Morgan fingerprint density at radius 2 is 2.42 bits per heavy atom. The van der Waals surface area contributed by atoms with E-state index in [-0.39, 0.29) is 5.56 Å². The molecule has 6 heteroatoms. The number of aromatic nitrogens is 4. The van der Waals surface area contributed by atoms with Crippen LogP contribution in [0, 0.1) is 6.92 Å². The molecule has 0 aliphatic heterocycles. The number of nitrogens with one attached hydrogen (secondary N) is 1. The molecule has 0 aromatic carbocycles. The number of rotatable bonds is 0. The fourth-order valence-electron chi connectivity index (χ4n) is 0.986. The van der Waals surface area contributed by atoms with Crippen LogP contribution in [-0.2, 0) is 0 Å². The van der Waals surface area contributed by atoms with E-state index >= 15 is 0 Å². The number of hydrogen-bond acceptors (Lipinski definition) is 3. The molecule has 5 nitrogen and oxygen atoms in total. The lowest BCUT2D eigenvalue weighted by atomic mass is 10.4. The van der Waals surface area contributed by atoms with Gasteiger partial charge in [0.25, 0.3) is 5.56 Å². The van der Waals surface area contributed by atoms with Crippen molar-refractivity contribution in [1.29, 1.82) is 0 Å². The van der Waals surface area contributed by atoms with Crippen molar-refractivity contribution in [3.63, 3.8) is 0 Å². The second-order valence-corrected chi connectivity index (χ2v) is 3.14. The number of halogens is 1. The largest absolute Gasteiger partial charge is 0.290 e. The molecule has 0 saturated heterocycles. The molecule has 0 amide bonds. The van der Waals surface area contributed by atoms with Gasteiger partial charge in [0, 0.05) is 0 Å². The zero-order valence-corrected chi connectivity index (χ0v) is 7.79. The van der Waals surface area contributed by atoms with Crippen LogP contribution in [0.15, 0.2) is 15.6 Å². The number of aromatic amines is 1. The van der Waals surface area contributed by atoms with Crippen molar-refractivity contribution in [3.8, 4) is 0 Å². The number of fused-ring (bicyclic) bond motifs is 1. The molecule has 0 aliphatic rings. The summed E-state index contributed by atoms with van der Waals surface area (Å²) in [6.07, 6.45) is 1.39. The molecule has 12 heavy (non-hydrogen) atoms. The van der Waals surface area contributed by atoms with E-state index in [2.05, 4.69) is 31.0 Å². The molecule has 0 saturated carbocycles. The van der Waals surface area contributed by atoms with E-state index in [1.54, 1.807) is 11.4 Å². The van der Waals surface area contributed by atoms with Gasteiger partial charge in [-0.25, -0.2) is 4.52 Å². The van der Waals surface area contributed by atoms with Gasteiger partial charge in [-0.05, 0) is 22.9 Å². The lowest BCUT2D eigenvalue weighted by Crippen LogP contribution is -2.13. The van der Waals surface area contributed by atoms with Crippen molar-refractivity contribution in [2.75, 3.05) is 0 Å². The molecule has 0 bridgehead atoms. The van der Waals surface area contributed by atoms with Crippen molar-refractivity contribution >= 4 is 21.7 Å². The van der Waals surface area contributed by atoms with E-state index in [1.807, 2.05) is 0 Å². The molecular weight excluding hydrogens is 224 g/mol. The minimum atomic E-state index is -0.187. The maximum atomic E-state index is 11.2. The van der Waals surface area contributed by atoms with Crippen molar-refractivity contribution in [1.82, 2.24) is 19.6 Å². The Bertz CT molecular complexity index is 486. The van der Waals surface area contributed by atoms with Crippen LogP contribution in [0.2, 0.25) is 0 Å². The highest BCUT2D eigenvalue weighted by atomic mass is 79.9.